The van der Waals surface area contributed by atoms with Crippen LogP contribution in [0.15, 0.2) is 11.6 Å². The van der Waals surface area contributed by atoms with E-state index in [1.807, 2.05) is 13.8 Å². The van der Waals surface area contributed by atoms with Crippen molar-refractivity contribution in [2.75, 3.05) is 0 Å². The Morgan fingerprint density at radius 1 is 1.12 bits per heavy atom. The molecule has 2 aliphatic carbocycles. The van der Waals surface area contributed by atoms with E-state index in [-0.39, 0.29) is 10.6 Å². The summed E-state index contributed by atoms with van der Waals surface area (Å²) in [6, 6.07) is -1.09. The maximum atomic E-state index is 13.0. The summed E-state index contributed by atoms with van der Waals surface area (Å²) in [5.74, 6) is 2.51. The van der Waals surface area contributed by atoms with E-state index in [0.29, 0.717) is 5.92 Å². The molecule has 0 amide bonds. The Bertz CT molecular complexity index is 444. The topological polar surface area (TPSA) is 37.0 Å². The Hall–Kier alpha value is -0.990. The van der Waals surface area contributed by atoms with Gasteiger partial charge in [-0.3, -0.25) is 9.50 Å². The molecule has 0 heterocycles. The van der Waals surface area contributed by atoms with Crippen LogP contribution in [0.4, 0.5) is 9.09 Å². The summed E-state index contributed by atoms with van der Waals surface area (Å²) in [5.41, 5.74) is 1.03. The quantitative estimate of drug-likeness (QED) is 0.231. The van der Waals surface area contributed by atoms with Crippen LogP contribution >= 0.6 is 0 Å². The summed E-state index contributed by atoms with van der Waals surface area (Å²) >= 11 is 0. The molecule has 0 radical (unpaired) electrons. The molecular weight excluding hydrogens is 334 g/mol. The molecule has 0 spiro atoms. The van der Waals surface area contributed by atoms with Crippen molar-refractivity contribution in [2.45, 2.75) is 86.5 Å². The molecule has 1 atom stereocenters. The van der Waals surface area contributed by atoms with Crippen molar-refractivity contribution in [3.05, 3.63) is 18.3 Å². The van der Waals surface area contributed by atoms with Crippen molar-refractivity contribution in [1.29, 1.82) is 0 Å². The van der Waals surface area contributed by atoms with Crippen LogP contribution in [-0.2, 0) is 9.45 Å². The third-order valence-corrected chi connectivity index (χ3v) is 6.11. The first kappa shape index (κ1) is 27.2. The molecule has 0 aliphatic heterocycles. The van der Waals surface area contributed by atoms with Crippen LogP contribution in [0.25, 0.3) is 0 Å². The van der Waals surface area contributed by atoms with E-state index >= 15 is 0 Å². The first-order valence-corrected chi connectivity index (χ1v) is 9.78. The minimum atomic E-state index is -1.09. The predicted octanol–water partition coefficient (Wildman–Crippen LogP) is 6.84. The molecule has 2 aliphatic rings. The third kappa shape index (κ3) is 8.14. The van der Waals surface area contributed by atoms with E-state index < -0.39 is 11.5 Å². The molecule has 2 nitrogen and oxygen atoms in total. The Balaban J connectivity index is 0. The molecule has 2 rings (SSSR count). The van der Waals surface area contributed by atoms with E-state index in [4.69, 9.17) is 4.65 Å². The molecule has 1 fully saturated rings. The molecule has 0 aromatic heterocycles. The van der Waals surface area contributed by atoms with E-state index in [0.717, 1.165) is 37.5 Å². The zero-order valence-corrected chi connectivity index (χ0v) is 17.4. The molecule has 26 heavy (non-hydrogen) atoms. The Labute approximate surface area is 159 Å². The molecule has 0 aromatic rings. The Morgan fingerprint density at radius 2 is 1.62 bits per heavy atom. The Morgan fingerprint density at radius 3 is 1.92 bits per heavy atom. The number of allylic oxidation sites excluding steroid dienone is 2. The molecule has 152 valence electrons. The SMILES string of the molecule is CC1CC=C(C(C)C)CC1.CC1CCC(C(=O)F)(C(C)C)CC1.F.[C-]#[O+]. The van der Waals surface area contributed by atoms with Crippen molar-refractivity contribution < 1.29 is 18.5 Å². The van der Waals surface area contributed by atoms with Gasteiger partial charge in [-0.05, 0) is 68.6 Å². The molecule has 1 unspecified atom stereocenters. The van der Waals surface area contributed by atoms with Gasteiger partial charge < -0.3 is 0 Å². The second-order valence-corrected chi connectivity index (χ2v) is 8.58. The van der Waals surface area contributed by atoms with Gasteiger partial charge in [-0.1, -0.05) is 53.2 Å². The van der Waals surface area contributed by atoms with Gasteiger partial charge in [0.2, 0.25) is 0 Å². The fourth-order valence-electron chi connectivity index (χ4n) is 3.79. The molecular formula is C22H38F2O2. The van der Waals surface area contributed by atoms with Crippen molar-refractivity contribution in [3.63, 3.8) is 0 Å². The standard InChI is InChI=1S/C11H19FO.C10H18.CO.FH/c1-8(2)11(10(12)13)6-4-9(3)5-7-11;1-8(2)10-6-4-9(3)5-7-10;1-2;/h8-9H,4-7H2,1-3H3;6,8-9H,4-5,7H2,1-3H3;;1H. The van der Waals surface area contributed by atoms with Gasteiger partial charge in [-0.2, -0.15) is 4.39 Å². The van der Waals surface area contributed by atoms with E-state index in [2.05, 4.69) is 40.4 Å². The van der Waals surface area contributed by atoms with Crippen LogP contribution in [-0.4, -0.2) is 6.04 Å². The van der Waals surface area contributed by atoms with Gasteiger partial charge in [-0.25, -0.2) is 0 Å². The van der Waals surface area contributed by atoms with Crippen molar-refractivity contribution in [2.24, 2.45) is 29.1 Å². The average Bonchev–Trinajstić information content (AvgIpc) is 2.58. The van der Waals surface area contributed by atoms with Crippen LogP contribution in [0.5, 0.6) is 0 Å². The monoisotopic (exact) mass is 372 g/mol. The molecule has 0 bridgehead atoms. The van der Waals surface area contributed by atoms with Gasteiger partial charge in [0, 0.05) is 0 Å². The molecule has 4 heteroatoms. The molecule has 0 saturated heterocycles. The second kappa shape index (κ2) is 13.2. The maximum absolute atomic E-state index is 13.0. The fraction of sp³-hybridized carbons (Fsp3) is 0.818. The van der Waals surface area contributed by atoms with Crippen molar-refractivity contribution >= 4 is 6.04 Å². The van der Waals surface area contributed by atoms with Gasteiger partial charge in [0.1, 0.15) is 0 Å². The van der Waals surface area contributed by atoms with Crippen molar-refractivity contribution in [3.8, 4) is 0 Å². The van der Waals surface area contributed by atoms with Crippen LogP contribution in [0.3, 0.4) is 0 Å². The van der Waals surface area contributed by atoms with Gasteiger partial charge in [0.05, 0.1) is 5.41 Å². The minimum absolute atomic E-state index is 0. The van der Waals surface area contributed by atoms with Crippen LogP contribution in [0.1, 0.15) is 86.5 Å². The molecule has 0 N–H and O–H groups in total. The summed E-state index contributed by atoms with van der Waals surface area (Å²) in [6.45, 7) is 17.5. The second-order valence-electron chi connectivity index (χ2n) is 8.58. The van der Waals surface area contributed by atoms with Crippen LogP contribution < -0.4 is 0 Å². The summed E-state index contributed by atoms with van der Waals surface area (Å²) in [4.78, 5) is 11.0. The van der Waals surface area contributed by atoms with Gasteiger partial charge >= 0.3 is 17.3 Å². The number of rotatable bonds is 3. The van der Waals surface area contributed by atoms with Crippen molar-refractivity contribution in [1.82, 2.24) is 0 Å². The summed E-state index contributed by atoms with van der Waals surface area (Å²) < 4.78 is 20.5. The van der Waals surface area contributed by atoms with Gasteiger partial charge in [-0.15, -0.1) is 0 Å². The number of hydrogen-bond donors (Lipinski definition) is 0. The first-order valence-electron chi connectivity index (χ1n) is 9.78. The van der Waals surface area contributed by atoms with Gasteiger partial charge in [0.15, 0.2) is 0 Å². The first-order chi connectivity index (χ1) is 11.7. The van der Waals surface area contributed by atoms with Crippen LogP contribution in [0.2, 0.25) is 0 Å². The zero-order chi connectivity index (χ0) is 19.6. The summed E-state index contributed by atoms with van der Waals surface area (Å²) in [7, 11) is 0. The van der Waals surface area contributed by atoms with E-state index in [1.54, 1.807) is 5.57 Å². The average molecular weight is 373 g/mol. The number of carbonyl (C=O) groups is 1. The zero-order valence-electron chi connectivity index (χ0n) is 17.4. The summed E-state index contributed by atoms with van der Waals surface area (Å²) in [6.07, 6.45) is 9.97. The number of hydrogen-bond acceptors (Lipinski definition) is 1. The summed E-state index contributed by atoms with van der Waals surface area (Å²) in [5, 5.41) is 0. The molecule has 0 aromatic carbocycles. The number of halogens is 2. The van der Waals surface area contributed by atoms with Gasteiger partial charge in [0.25, 0.3) is 0 Å². The fourth-order valence-corrected chi connectivity index (χ4v) is 3.79. The third-order valence-electron chi connectivity index (χ3n) is 6.11. The molecule has 1 saturated carbocycles. The van der Waals surface area contributed by atoms with Crippen LogP contribution in [0, 0.1) is 35.7 Å². The van der Waals surface area contributed by atoms with E-state index in [9.17, 15) is 9.18 Å². The normalized spacial score (nSPS) is 27.9. The predicted molar refractivity (Wildman–Crippen MR) is 103 cm³/mol. The number of carbonyl (C=O) groups excluding carboxylic acids is 1. The van der Waals surface area contributed by atoms with E-state index in [1.165, 1.54) is 19.3 Å². The Kier molecular flexibility index (Phi) is 13.8.